The summed E-state index contributed by atoms with van der Waals surface area (Å²) in [6, 6.07) is 6.54. The van der Waals surface area contributed by atoms with Gasteiger partial charge in [-0.1, -0.05) is 0 Å². The monoisotopic (exact) mass is 401 g/mol. The summed E-state index contributed by atoms with van der Waals surface area (Å²) in [4.78, 5) is 20.3. The number of methoxy groups -OCH3 is 1. The molecule has 6 nitrogen and oxygen atoms in total. The molecule has 0 N–H and O–H groups in total. The molecule has 1 unspecified atom stereocenters. The van der Waals surface area contributed by atoms with Gasteiger partial charge in [0.25, 0.3) is 0 Å². The lowest BCUT2D eigenvalue weighted by Gasteiger charge is -2.32. The van der Waals surface area contributed by atoms with Crippen molar-refractivity contribution in [2.75, 3.05) is 31.6 Å². The zero-order chi connectivity index (χ0) is 19.5. The van der Waals surface area contributed by atoms with Crippen LogP contribution in [-0.2, 0) is 4.79 Å². The van der Waals surface area contributed by atoms with E-state index < -0.39 is 0 Å². The molecule has 2 aliphatic rings. The van der Waals surface area contributed by atoms with E-state index in [0.717, 1.165) is 68.2 Å². The first kappa shape index (κ1) is 19.1. The summed E-state index contributed by atoms with van der Waals surface area (Å²) >= 11 is 1.65. The minimum Gasteiger partial charge on any atom is -0.493 e. The number of aromatic nitrogens is 1. The second kappa shape index (κ2) is 8.39. The normalized spacial score (nSPS) is 20.4. The van der Waals surface area contributed by atoms with E-state index >= 15 is 0 Å². The van der Waals surface area contributed by atoms with E-state index in [1.807, 2.05) is 16.5 Å². The van der Waals surface area contributed by atoms with Crippen molar-refractivity contribution >= 4 is 22.9 Å². The van der Waals surface area contributed by atoms with Crippen LogP contribution in [0.5, 0.6) is 11.5 Å². The van der Waals surface area contributed by atoms with E-state index in [2.05, 4.69) is 27.4 Å². The highest BCUT2D eigenvalue weighted by atomic mass is 32.1. The van der Waals surface area contributed by atoms with Crippen molar-refractivity contribution in [2.24, 2.45) is 0 Å². The highest BCUT2D eigenvalue weighted by molar-refractivity contribution is 7.07. The van der Waals surface area contributed by atoms with Crippen LogP contribution in [0.1, 0.15) is 44.3 Å². The van der Waals surface area contributed by atoms with E-state index in [1.54, 1.807) is 25.4 Å². The smallest absolute Gasteiger partial charge is 0.219 e. The number of hydrogen-bond donors (Lipinski definition) is 0. The second-order valence-corrected chi connectivity index (χ2v) is 8.14. The van der Waals surface area contributed by atoms with Crippen LogP contribution in [0.15, 0.2) is 29.1 Å². The first-order valence-electron chi connectivity index (χ1n) is 9.90. The quantitative estimate of drug-likeness (QED) is 0.761. The molecule has 1 aromatic carbocycles. The summed E-state index contributed by atoms with van der Waals surface area (Å²) in [5.41, 5.74) is 4.20. The number of piperidine rings is 1. The van der Waals surface area contributed by atoms with Gasteiger partial charge in [-0.2, -0.15) is 0 Å². The lowest BCUT2D eigenvalue weighted by Crippen LogP contribution is -2.40. The van der Waals surface area contributed by atoms with Gasteiger partial charge in [0.15, 0.2) is 11.5 Å². The van der Waals surface area contributed by atoms with Gasteiger partial charge in [-0.25, -0.2) is 4.98 Å². The largest absolute Gasteiger partial charge is 0.493 e. The van der Waals surface area contributed by atoms with Crippen molar-refractivity contribution in [3.05, 3.63) is 34.8 Å². The molecule has 1 amide bonds. The molecule has 2 aromatic rings. The maximum Gasteiger partial charge on any atom is 0.219 e. The zero-order valence-corrected chi connectivity index (χ0v) is 17.3. The molecule has 1 atom stereocenters. The molecule has 0 saturated carbocycles. The minimum atomic E-state index is 0.116. The van der Waals surface area contributed by atoms with Gasteiger partial charge >= 0.3 is 0 Å². The number of carbonyl (C=O) groups is 1. The number of thiazole rings is 1. The third-order valence-electron chi connectivity index (χ3n) is 5.71. The summed E-state index contributed by atoms with van der Waals surface area (Å²) in [5, 5.41) is 2.14. The molecule has 4 rings (SSSR count). The molecule has 0 radical (unpaired) electrons. The average Bonchev–Trinajstić information content (AvgIpc) is 3.40. The van der Waals surface area contributed by atoms with Crippen molar-refractivity contribution in [2.45, 2.75) is 44.8 Å². The van der Waals surface area contributed by atoms with E-state index in [1.165, 1.54) is 0 Å². The molecule has 1 aromatic heterocycles. The van der Waals surface area contributed by atoms with Crippen LogP contribution in [0.2, 0.25) is 0 Å². The van der Waals surface area contributed by atoms with Crippen LogP contribution in [0.4, 0.5) is 5.69 Å². The van der Waals surface area contributed by atoms with Gasteiger partial charge in [-0.15, -0.1) is 11.3 Å². The van der Waals surface area contributed by atoms with Crippen LogP contribution in [-0.4, -0.2) is 48.6 Å². The highest BCUT2D eigenvalue weighted by Crippen LogP contribution is 2.40. The molecule has 28 heavy (non-hydrogen) atoms. The molecule has 0 aliphatic carbocycles. The summed E-state index contributed by atoms with van der Waals surface area (Å²) in [6.45, 7) is 4.15. The Morgan fingerprint density at radius 2 is 2.00 bits per heavy atom. The molecular formula is C21H27N3O3S. The highest BCUT2D eigenvalue weighted by Gasteiger charge is 2.29. The number of ether oxygens (including phenoxy) is 2. The second-order valence-electron chi connectivity index (χ2n) is 7.42. The zero-order valence-electron chi connectivity index (χ0n) is 16.5. The predicted octanol–water partition coefficient (Wildman–Crippen LogP) is 3.88. The van der Waals surface area contributed by atoms with Crippen LogP contribution in [0.25, 0.3) is 0 Å². The van der Waals surface area contributed by atoms with Gasteiger partial charge in [0, 0.05) is 56.5 Å². The third-order valence-corrected chi connectivity index (χ3v) is 6.31. The average molecular weight is 402 g/mol. The number of anilines is 1. The van der Waals surface area contributed by atoms with E-state index in [4.69, 9.17) is 9.47 Å². The molecule has 2 aliphatic heterocycles. The van der Waals surface area contributed by atoms with Gasteiger partial charge in [0.2, 0.25) is 5.91 Å². The van der Waals surface area contributed by atoms with Crippen LogP contribution in [0.3, 0.4) is 0 Å². The number of likely N-dealkylation sites (tertiary alicyclic amines) is 1. The fourth-order valence-corrected chi connectivity index (χ4v) is 4.77. The summed E-state index contributed by atoms with van der Waals surface area (Å²) in [6.07, 6.45) is 4.10. The minimum absolute atomic E-state index is 0.116. The summed E-state index contributed by atoms with van der Waals surface area (Å²) in [5.74, 6) is 1.67. The number of amides is 1. The fourth-order valence-electron chi connectivity index (χ4n) is 4.17. The van der Waals surface area contributed by atoms with Gasteiger partial charge < -0.3 is 19.3 Å². The molecule has 0 bridgehead atoms. The van der Waals surface area contributed by atoms with Gasteiger partial charge in [-0.3, -0.25) is 4.79 Å². The molecular weight excluding hydrogens is 374 g/mol. The van der Waals surface area contributed by atoms with Crippen LogP contribution in [0, 0.1) is 0 Å². The third kappa shape index (κ3) is 3.94. The Hall–Kier alpha value is -2.28. The first-order chi connectivity index (χ1) is 13.7. The maximum absolute atomic E-state index is 11.5. The Labute approximate surface area is 170 Å². The molecule has 7 heteroatoms. The number of nitrogens with zero attached hydrogens (tertiary/aromatic N) is 3. The van der Waals surface area contributed by atoms with Crippen molar-refractivity contribution in [3.63, 3.8) is 0 Å². The first-order valence-corrected chi connectivity index (χ1v) is 10.8. The fraction of sp³-hybridized carbons (Fsp3) is 0.524. The van der Waals surface area contributed by atoms with Gasteiger partial charge in [-0.05, 0) is 25.0 Å². The van der Waals surface area contributed by atoms with Gasteiger partial charge in [0.1, 0.15) is 6.10 Å². The Balaban J connectivity index is 1.47. The van der Waals surface area contributed by atoms with Gasteiger partial charge in [0.05, 0.1) is 24.4 Å². The molecule has 0 spiro atoms. The molecule has 2 saturated heterocycles. The lowest BCUT2D eigenvalue weighted by molar-refractivity contribution is -0.130. The predicted molar refractivity (Wildman–Crippen MR) is 110 cm³/mol. The van der Waals surface area contributed by atoms with Crippen molar-refractivity contribution in [1.29, 1.82) is 0 Å². The van der Waals surface area contributed by atoms with Crippen molar-refractivity contribution in [1.82, 2.24) is 9.88 Å². The molecule has 2 fully saturated rings. The number of benzene rings is 1. The van der Waals surface area contributed by atoms with Crippen LogP contribution >= 0.6 is 11.3 Å². The lowest BCUT2D eigenvalue weighted by atomic mass is 10.1. The Kier molecular flexibility index (Phi) is 5.71. The molecule has 150 valence electrons. The van der Waals surface area contributed by atoms with E-state index in [0.29, 0.717) is 6.04 Å². The Morgan fingerprint density at radius 3 is 2.68 bits per heavy atom. The number of carbonyl (C=O) groups excluding carboxylic acids is 1. The van der Waals surface area contributed by atoms with E-state index in [-0.39, 0.29) is 12.0 Å². The van der Waals surface area contributed by atoms with Crippen molar-refractivity contribution in [3.8, 4) is 11.5 Å². The standard InChI is InChI=1S/C21H27N3O3S/c1-15(25)23-10-7-17(8-11-23)27-20-6-5-16(12-21(20)26-2)24-9-3-4-19(24)18-13-28-14-22-18/h5-6,12-14,17,19H,3-4,7-11H2,1-2H3. The SMILES string of the molecule is COc1cc(N2CCCC2c2cscn2)ccc1OC1CCN(C(C)=O)CC1. The summed E-state index contributed by atoms with van der Waals surface area (Å²) < 4.78 is 11.9. The number of rotatable bonds is 5. The Bertz CT molecular complexity index is 803. The van der Waals surface area contributed by atoms with E-state index in [9.17, 15) is 4.79 Å². The van der Waals surface area contributed by atoms with Crippen LogP contribution < -0.4 is 14.4 Å². The van der Waals surface area contributed by atoms with Crippen molar-refractivity contribution < 1.29 is 14.3 Å². The maximum atomic E-state index is 11.5. The molecule has 3 heterocycles. The summed E-state index contributed by atoms with van der Waals surface area (Å²) in [7, 11) is 1.69. The number of hydrogen-bond acceptors (Lipinski definition) is 6. The topological polar surface area (TPSA) is 54.9 Å². The Morgan fingerprint density at radius 1 is 1.18 bits per heavy atom.